The number of carbonyl (C=O) groups excluding carboxylic acids is 2. The average molecular weight is 838 g/mol. The molecule has 0 saturated heterocycles. The quantitative estimate of drug-likeness (QED) is 0.0290. The molecule has 3 aromatic rings. The van der Waals surface area contributed by atoms with Crippen molar-refractivity contribution in [1.29, 1.82) is 0 Å². The van der Waals surface area contributed by atoms with Crippen molar-refractivity contribution in [3.63, 3.8) is 0 Å². The number of benzene rings is 1. The predicted octanol–water partition coefficient (Wildman–Crippen LogP) is 9.19. The van der Waals surface area contributed by atoms with Gasteiger partial charge >= 0.3 is 42.7 Å². The smallest absolute Gasteiger partial charge is 0.475 e. The highest BCUT2D eigenvalue weighted by molar-refractivity contribution is 7.48. The number of anilines is 1. The fraction of sp³-hybridized carbons (Fsp3) is 0.512. The monoisotopic (exact) mass is 837 g/mol. The topological polar surface area (TPSA) is 146 Å². The van der Waals surface area contributed by atoms with Gasteiger partial charge in [-0.15, -0.1) is 0 Å². The molecule has 1 aliphatic carbocycles. The Kier molecular flexibility index (Phi) is 14.1. The van der Waals surface area contributed by atoms with Crippen molar-refractivity contribution >= 4 is 47.5 Å². The third-order valence-corrected chi connectivity index (χ3v) is 11.4. The van der Waals surface area contributed by atoms with Gasteiger partial charge in [-0.1, -0.05) is 46.1 Å². The van der Waals surface area contributed by atoms with Crippen molar-refractivity contribution in [2.45, 2.75) is 103 Å². The minimum atomic E-state index is -5.14. The number of Topliss-reactive ketones (excluding diaryl/α,β-unsaturated/α-hetero) is 1. The lowest BCUT2D eigenvalue weighted by Gasteiger charge is -2.44. The highest BCUT2D eigenvalue weighted by Gasteiger charge is 2.74. The molecule has 0 fully saturated rings. The Labute approximate surface area is 334 Å². The number of alkyl halides is 4. The number of nitrogens with zero attached hydrogens (tertiary/aromatic N) is 2. The van der Waals surface area contributed by atoms with Crippen molar-refractivity contribution in [2.24, 2.45) is 0 Å². The Morgan fingerprint density at radius 3 is 2.05 bits per heavy atom. The summed E-state index contributed by atoms with van der Waals surface area (Å²) in [4.78, 5) is 40.1. The van der Waals surface area contributed by atoms with Crippen LogP contribution in [0.4, 0.5) is 23.2 Å². The number of unbranched alkanes of at least 4 members (excludes halogenated alkanes) is 3. The number of halogens is 4. The van der Waals surface area contributed by atoms with Gasteiger partial charge in [0.15, 0.2) is 12.4 Å². The van der Waals surface area contributed by atoms with Crippen LogP contribution < -0.4 is 15.1 Å². The number of aliphatic hydroxyl groups is 1. The van der Waals surface area contributed by atoms with Crippen LogP contribution >= 0.6 is 7.82 Å². The molecule has 0 atom stereocenters. The van der Waals surface area contributed by atoms with E-state index in [1.165, 1.54) is 18.2 Å². The SMILES string of the molecule is CCCCOC(=O)CCCN1c2cc3oc(=O)c(-c4cc[n+](C5=C(O)C(F)(F)C(F)(F)C5=O)cc4)cc3cc2C(COP(=O)(OCCCC)OCCCC)=CC1(C)C. The summed E-state index contributed by atoms with van der Waals surface area (Å²) in [6.45, 7) is 10.8. The van der Waals surface area contributed by atoms with Crippen LogP contribution in [-0.4, -0.2) is 67.2 Å². The maximum absolute atomic E-state index is 14.0. The van der Waals surface area contributed by atoms with Crippen LogP contribution in [0, 0.1) is 0 Å². The number of allylic oxidation sites excluding steroid dienone is 2. The number of rotatable bonds is 20. The van der Waals surface area contributed by atoms with Crippen LogP contribution in [-0.2, 0) is 32.5 Å². The van der Waals surface area contributed by atoms with E-state index in [0.717, 1.165) is 38.1 Å². The molecule has 0 saturated carbocycles. The van der Waals surface area contributed by atoms with E-state index >= 15 is 0 Å². The molecule has 0 unspecified atom stereocenters. The number of pyridine rings is 1. The summed E-state index contributed by atoms with van der Waals surface area (Å²) in [7, 11) is -3.98. The second-order valence-electron chi connectivity index (χ2n) is 14.8. The molecule has 1 N–H and O–H groups in total. The molecule has 58 heavy (non-hydrogen) atoms. The highest BCUT2D eigenvalue weighted by Crippen LogP contribution is 2.52. The number of ether oxygens (including phenoxy) is 1. The molecule has 17 heteroatoms. The lowest BCUT2D eigenvalue weighted by molar-refractivity contribution is -0.578. The number of aliphatic hydroxyl groups excluding tert-OH is 1. The Morgan fingerprint density at radius 2 is 1.47 bits per heavy atom. The van der Waals surface area contributed by atoms with E-state index in [-0.39, 0.29) is 48.9 Å². The van der Waals surface area contributed by atoms with Crippen molar-refractivity contribution in [1.82, 2.24) is 0 Å². The Hall–Kier alpha value is -4.37. The van der Waals surface area contributed by atoms with Crippen LogP contribution in [0.1, 0.15) is 91.5 Å². The van der Waals surface area contributed by atoms with Gasteiger partial charge in [-0.25, -0.2) is 9.36 Å². The van der Waals surface area contributed by atoms with Gasteiger partial charge in [0.1, 0.15) is 5.58 Å². The standard InChI is InChI=1S/C41H49F4N2O10P/c1-6-9-19-53-34(48)13-12-16-47-32-24-33-28(22-30(32)29(25-39(47,4)5)26-56-58(52,54-20-10-7-2)55-21-11-8-3)23-31(38(51)57-33)27-14-17-46(18-15-27)35-36(49)40(42,43)41(44,45)37(35)50/h14-15,17-18,22-25H,6-13,16,19-21,26H2,1-5H3/p+1. The second-order valence-corrected chi connectivity index (χ2v) is 16.4. The second kappa shape index (κ2) is 18.3. The fourth-order valence-corrected chi connectivity index (χ4v) is 7.86. The highest BCUT2D eigenvalue weighted by atomic mass is 31.2. The van der Waals surface area contributed by atoms with Crippen molar-refractivity contribution in [3.05, 3.63) is 70.5 Å². The first kappa shape index (κ1) is 44.7. The molecule has 12 nitrogen and oxygen atoms in total. The molecule has 1 aromatic carbocycles. The number of hydrogen-bond donors (Lipinski definition) is 1. The van der Waals surface area contributed by atoms with E-state index in [0.29, 0.717) is 59.2 Å². The molecular formula is C41H50F4N2O10P+. The van der Waals surface area contributed by atoms with Gasteiger partial charge in [0, 0.05) is 53.4 Å². The van der Waals surface area contributed by atoms with E-state index in [1.807, 2.05) is 40.7 Å². The van der Waals surface area contributed by atoms with Gasteiger partial charge in [-0.2, -0.15) is 22.1 Å². The molecule has 1 aliphatic heterocycles. The van der Waals surface area contributed by atoms with E-state index in [4.69, 9.17) is 22.7 Å². The molecule has 0 radical (unpaired) electrons. The Morgan fingerprint density at radius 1 is 0.862 bits per heavy atom. The third kappa shape index (κ3) is 9.40. The number of aromatic nitrogens is 1. The zero-order chi connectivity index (χ0) is 42.5. The molecular weight excluding hydrogens is 787 g/mol. The van der Waals surface area contributed by atoms with Crippen LogP contribution in [0.2, 0.25) is 0 Å². The van der Waals surface area contributed by atoms with Gasteiger partial charge in [0.05, 0.1) is 37.5 Å². The molecule has 316 valence electrons. The van der Waals surface area contributed by atoms with E-state index in [2.05, 4.69) is 4.90 Å². The van der Waals surface area contributed by atoms with Gasteiger partial charge in [0.2, 0.25) is 5.76 Å². The summed E-state index contributed by atoms with van der Waals surface area (Å²) >= 11 is 0. The van der Waals surface area contributed by atoms with E-state index in [9.17, 15) is 41.6 Å². The first-order chi connectivity index (χ1) is 27.4. The van der Waals surface area contributed by atoms with Crippen molar-refractivity contribution < 1.29 is 64.1 Å². The van der Waals surface area contributed by atoms with Gasteiger partial charge in [-0.05, 0) is 57.2 Å². The number of hydrogen-bond acceptors (Lipinski definition) is 11. The zero-order valence-corrected chi connectivity index (χ0v) is 34.2. The average Bonchev–Trinajstić information content (AvgIpc) is 3.29. The van der Waals surface area contributed by atoms with Gasteiger partial charge in [-0.3, -0.25) is 23.2 Å². The largest absolute Gasteiger partial charge is 0.501 e. The van der Waals surface area contributed by atoms with Gasteiger partial charge in [0.25, 0.3) is 0 Å². The molecule has 2 aromatic heterocycles. The first-order valence-corrected chi connectivity index (χ1v) is 20.9. The minimum absolute atomic E-state index is 0.0146. The number of phosphoric acid groups is 1. The molecule has 5 rings (SSSR count). The number of carbonyl (C=O) groups is 2. The number of fused-ring (bicyclic) bond motifs is 2. The lowest BCUT2D eigenvalue weighted by Crippen LogP contribution is -2.46. The van der Waals surface area contributed by atoms with Crippen LogP contribution in [0.15, 0.2) is 63.8 Å². The third-order valence-electron chi connectivity index (χ3n) is 9.92. The molecule has 0 amide bonds. The van der Waals surface area contributed by atoms with Crippen LogP contribution in [0.5, 0.6) is 0 Å². The molecule has 2 aliphatic rings. The minimum Gasteiger partial charge on any atom is -0.501 e. The van der Waals surface area contributed by atoms with Crippen LogP contribution in [0.3, 0.4) is 0 Å². The Balaban J connectivity index is 1.52. The molecule has 0 spiro atoms. The summed E-state index contributed by atoms with van der Waals surface area (Å²) in [5, 5.41) is 10.3. The molecule has 3 heterocycles. The number of phosphoric ester groups is 1. The van der Waals surface area contributed by atoms with Crippen molar-refractivity contribution in [2.75, 3.05) is 37.9 Å². The van der Waals surface area contributed by atoms with Gasteiger partial charge < -0.3 is 19.2 Å². The summed E-state index contributed by atoms with van der Waals surface area (Å²) < 4.78 is 99.0. The fourth-order valence-electron chi connectivity index (χ4n) is 6.64. The summed E-state index contributed by atoms with van der Waals surface area (Å²) in [5.74, 6) is -14.9. The van der Waals surface area contributed by atoms with Crippen molar-refractivity contribution in [3.8, 4) is 11.1 Å². The van der Waals surface area contributed by atoms with Crippen LogP contribution in [0.25, 0.3) is 33.4 Å². The van der Waals surface area contributed by atoms with E-state index < -0.39 is 48.1 Å². The Bertz CT molecular complexity index is 2150. The summed E-state index contributed by atoms with van der Waals surface area (Å²) in [6, 6.07) is 7.44. The molecule has 0 bridgehead atoms. The zero-order valence-electron chi connectivity index (χ0n) is 33.3. The number of ketones is 1. The normalized spacial score (nSPS) is 17.2. The lowest BCUT2D eigenvalue weighted by atomic mass is 9.87. The van der Waals surface area contributed by atoms with E-state index in [1.54, 1.807) is 12.1 Å². The summed E-state index contributed by atoms with van der Waals surface area (Å²) in [5.41, 5.74) is -0.438. The maximum atomic E-state index is 14.0. The maximum Gasteiger partial charge on any atom is 0.475 e. The first-order valence-electron chi connectivity index (χ1n) is 19.5. The summed E-state index contributed by atoms with van der Waals surface area (Å²) in [6.07, 6.45) is 9.15. The number of esters is 1. The predicted molar refractivity (Wildman–Crippen MR) is 209 cm³/mol.